The maximum absolute atomic E-state index is 12.7. The second kappa shape index (κ2) is 8.11. The molecule has 1 aliphatic heterocycles. The largest absolute Gasteiger partial charge is 0.480 e. The topological polar surface area (TPSA) is 32.8 Å². The first-order valence-electron chi connectivity index (χ1n) is 8.25. The van der Waals surface area contributed by atoms with Gasteiger partial charge in [0.2, 0.25) is 0 Å². The number of piperazine rings is 1. The van der Waals surface area contributed by atoms with Crippen molar-refractivity contribution in [2.75, 3.05) is 31.1 Å². The number of amides is 1. The summed E-state index contributed by atoms with van der Waals surface area (Å²) < 4.78 is 6.67. The summed E-state index contributed by atoms with van der Waals surface area (Å²) in [6, 6.07) is 15.4. The van der Waals surface area contributed by atoms with E-state index in [0.29, 0.717) is 18.8 Å². The molecule has 1 saturated heterocycles. The summed E-state index contributed by atoms with van der Waals surface area (Å²) in [5.41, 5.74) is 1.09. The molecule has 25 heavy (non-hydrogen) atoms. The number of para-hydroxylation sites is 1. The molecule has 0 unspecified atom stereocenters. The van der Waals surface area contributed by atoms with Crippen LogP contribution in [0.2, 0.25) is 5.02 Å². The molecule has 0 bridgehead atoms. The molecule has 1 aliphatic rings. The quantitative estimate of drug-likeness (QED) is 0.738. The van der Waals surface area contributed by atoms with Crippen LogP contribution in [0.5, 0.6) is 5.75 Å². The number of nitrogens with zero attached hydrogens (tertiary/aromatic N) is 2. The van der Waals surface area contributed by atoms with Crippen molar-refractivity contribution in [3.05, 3.63) is 58.0 Å². The molecule has 0 aliphatic carbocycles. The highest BCUT2D eigenvalue weighted by Crippen LogP contribution is 2.25. The van der Waals surface area contributed by atoms with Gasteiger partial charge < -0.3 is 14.5 Å². The van der Waals surface area contributed by atoms with Crippen molar-refractivity contribution in [2.45, 2.75) is 13.0 Å². The fourth-order valence-electron chi connectivity index (χ4n) is 2.90. The molecule has 1 atom stereocenters. The molecule has 0 aromatic heterocycles. The number of halogens is 2. The van der Waals surface area contributed by atoms with Gasteiger partial charge in [-0.1, -0.05) is 29.8 Å². The molecule has 6 heteroatoms. The van der Waals surface area contributed by atoms with Gasteiger partial charge in [0.1, 0.15) is 5.75 Å². The second-order valence-corrected chi connectivity index (χ2v) is 7.27. The van der Waals surface area contributed by atoms with Gasteiger partial charge in [-0.15, -0.1) is 0 Å². The third-order valence-corrected chi connectivity index (χ3v) is 5.14. The molecule has 1 heterocycles. The van der Waals surface area contributed by atoms with Crippen LogP contribution in [0.1, 0.15) is 6.92 Å². The molecule has 0 spiro atoms. The van der Waals surface area contributed by atoms with E-state index in [2.05, 4.69) is 20.8 Å². The smallest absolute Gasteiger partial charge is 0.263 e. The lowest BCUT2D eigenvalue weighted by Crippen LogP contribution is -2.52. The number of rotatable bonds is 4. The Bertz CT molecular complexity index is 748. The van der Waals surface area contributed by atoms with Gasteiger partial charge in [0.05, 0.1) is 4.47 Å². The SMILES string of the molecule is C[C@@H](Oc1ccccc1Br)C(=O)N1CCN(c2cccc(Cl)c2)CC1. The van der Waals surface area contributed by atoms with Crippen molar-refractivity contribution >= 4 is 39.1 Å². The summed E-state index contributed by atoms with van der Waals surface area (Å²) in [5, 5.41) is 0.728. The number of anilines is 1. The predicted molar refractivity (Wildman–Crippen MR) is 104 cm³/mol. The Labute approximate surface area is 161 Å². The summed E-state index contributed by atoms with van der Waals surface area (Å²) in [4.78, 5) is 16.8. The van der Waals surface area contributed by atoms with E-state index in [1.807, 2.05) is 53.4 Å². The lowest BCUT2D eigenvalue weighted by molar-refractivity contribution is -0.138. The van der Waals surface area contributed by atoms with Crippen LogP contribution in [0, 0.1) is 0 Å². The molecule has 2 aromatic rings. The molecule has 3 rings (SSSR count). The lowest BCUT2D eigenvalue weighted by Gasteiger charge is -2.37. The highest BCUT2D eigenvalue weighted by Gasteiger charge is 2.26. The molecule has 1 fully saturated rings. The fraction of sp³-hybridized carbons (Fsp3) is 0.316. The van der Waals surface area contributed by atoms with E-state index >= 15 is 0 Å². The van der Waals surface area contributed by atoms with Crippen LogP contribution in [-0.2, 0) is 4.79 Å². The minimum atomic E-state index is -0.517. The van der Waals surface area contributed by atoms with Crippen LogP contribution in [-0.4, -0.2) is 43.1 Å². The maximum Gasteiger partial charge on any atom is 0.263 e. The van der Waals surface area contributed by atoms with Crippen LogP contribution >= 0.6 is 27.5 Å². The van der Waals surface area contributed by atoms with Gasteiger partial charge in [-0.2, -0.15) is 0 Å². The normalized spacial score (nSPS) is 15.8. The van der Waals surface area contributed by atoms with Gasteiger partial charge in [0.25, 0.3) is 5.91 Å². The van der Waals surface area contributed by atoms with Crippen molar-refractivity contribution < 1.29 is 9.53 Å². The van der Waals surface area contributed by atoms with E-state index in [1.165, 1.54) is 0 Å². The average Bonchev–Trinajstić information content (AvgIpc) is 2.63. The van der Waals surface area contributed by atoms with Gasteiger partial charge in [-0.05, 0) is 53.2 Å². The van der Waals surface area contributed by atoms with E-state index in [1.54, 1.807) is 6.92 Å². The Morgan fingerprint density at radius 1 is 1.12 bits per heavy atom. The van der Waals surface area contributed by atoms with Crippen LogP contribution in [0.4, 0.5) is 5.69 Å². The minimum Gasteiger partial charge on any atom is -0.480 e. The molecule has 0 saturated carbocycles. The van der Waals surface area contributed by atoms with Crippen molar-refractivity contribution in [3.63, 3.8) is 0 Å². The van der Waals surface area contributed by atoms with Crippen LogP contribution in [0.3, 0.4) is 0 Å². The first-order valence-corrected chi connectivity index (χ1v) is 9.42. The Hall–Kier alpha value is -1.72. The molecule has 0 N–H and O–H groups in total. The van der Waals surface area contributed by atoms with E-state index in [0.717, 1.165) is 28.3 Å². The average molecular weight is 424 g/mol. The molecule has 0 radical (unpaired) electrons. The summed E-state index contributed by atoms with van der Waals surface area (Å²) in [6.07, 6.45) is -0.517. The lowest BCUT2D eigenvalue weighted by atomic mass is 10.2. The number of benzene rings is 2. The van der Waals surface area contributed by atoms with E-state index < -0.39 is 6.10 Å². The number of carbonyl (C=O) groups excluding carboxylic acids is 1. The Kier molecular flexibility index (Phi) is 5.86. The number of hydrogen-bond acceptors (Lipinski definition) is 3. The third-order valence-electron chi connectivity index (χ3n) is 4.25. The first-order chi connectivity index (χ1) is 12.0. The van der Waals surface area contributed by atoms with Crippen molar-refractivity contribution in [2.24, 2.45) is 0 Å². The van der Waals surface area contributed by atoms with E-state index in [4.69, 9.17) is 16.3 Å². The predicted octanol–water partition coefficient (Wildman–Crippen LogP) is 4.22. The highest BCUT2D eigenvalue weighted by atomic mass is 79.9. The molecule has 4 nitrogen and oxygen atoms in total. The van der Waals surface area contributed by atoms with Crippen LogP contribution in [0.15, 0.2) is 53.0 Å². The Balaban J connectivity index is 1.57. The third kappa shape index (κ3) is 4.47. The number of hydrogen-bond donors (Lipinski definition) is 0. The number of ether oxygens (including phenoxy) is 1. The second-order valence-electron chi connectivity index (χ2n) is 5.98. The van der Waals surface area contributed by atoms with E-state index in [-0.39, 0.29) is 5.91 Å². The molecule has 1 amide bonds. The molecule has 132 valence electrons. The van der Waals surface area contributed by atoms with Gasteiger partial charge in [-0.25, -0.2) is 0 Å². The molecular formula is C19H20BrClN2O2. The summed E-state index contributed by atoms with van der Waals surface area (Å²) >= 11 is 9.51. The zero-order valence-corrected chi connectivity index (χ0v) is 16.3. The highest BCUT2D eigenvalue weighted by molar-refractivity contribution is 9.10. The Morgan fingerprint density at radius 2 is 1.84 bits per heavy atom. The number of carbonyl (C=O) groups is 1. The fourth-order valence-corrected chi connectivity index (χ4v) is 3.46. The summed E-state index contributed by atoms with van der Waals surface area (Å²) in [5.74, 6) is 0.697. The minimum absolute atomic E-state index is 0.0153. The summed E-state index contributed by atoms with van der Waals surface area (Å²) in [6.45, 7) is 4.72. The van der Waals surface area contributed by atoms with Gasteiger partial charge >= 0.3 is 0 Å². The Morgan fingerprint density at radius 3 is 2.52 bits per heavy atom. The van der Waals surface area contributed by atoms with Crippen molar-refractivity contribution in [1.82, 2.24) is 4.90 Å². The van der Waals surface area contributed by atoms with Gasteiger partial charge in [0, 0.05) is 36.9 Å². The molecular weight excluding hydrogens is 404 g/mol. The van der Waals surface area contributed by atoms with Crippen molar-refractivity contribution in [1.29, 1.82) is 0 Å². The summed E-state index contributed by atoms with van der Waals surface area (Å²) in [7, 11) is 0. The maximum atomic E-state index is 12.7. The first kappa shape index (κ1) is 18.1. The van der Waals surface area contributed by atoms with Gasteiger partial charge in [-0.3, -0.25) is 4.79 Å². The van der Waals surface area contributed by atoms with Crippen LogP contribution in [0.25, 0.3) is 0 Å². The van der Waals surface area contributed by atoms with Crippen LogP contribution < -0.4 is 9.64 Å². The molecule has 2 aromatic carbocycles. The monoisotopic (exact) mass is 422 g/mol. The van der Waals surface area contributed by atoms with Crippen molar-refractivity contribution in [3.8, 4) is 5.75 Å². The standard InChI is InChI=1S/C19H20BrClN2O2/c1-14(25-18-8-3-2-7-17(18)20)19(24)23-11-9-22(10-12-23)16-6-4-5-15(21)13-16/h2-8,13-14H,9-12H2,1H3/t14-/m1/s1. The van der Waals surface area contributed by atoms with Gasteiger partial charge in [0.15, 0.2) is 6.10 Å². The zero-order chi connectivity index (χ0) is 17.8. The zero-order valence-electron chi connectivity index (χ0n) is 14.0. The van der Waals surface area contributed by atoms with E-state index in [9.17, 15) is 4.79 Å².